The third-order valence-corrected chi connectivity index (χ3v) is 3.31. The van der Waals surface area contributed by atoms with Gasteiger partial charge < -0.3 is 20.5 Å². The summed E-state index contributed by atoms with van der Waals surface area (Å²) in [6.45, 7) is 0.445. The number of hydrogen-bond acceptors (Lipinski definition) is 5. The van der Waals surface area contributed by atoms with E-state index in [1.165, 1.54) is 0 Å². The number of amides is 1. The van der Waals surface area contributed by atoms with Crippen molar-refractivity contribution in [2.45, 2.75) is 37.9 Å². The Balaban J connectivity index is 1.93. The number of fused-ring (bicyclic) bond motifs is 1. The number of aromatic amines is 1. The molecule has 2 heterocycles. The van der Waals surface area contributed by atoms with Crippen molar-refractivity contribution in [1.82, 2.24) is 20.6 Å². The van der Waals surface area contributed by atoms with Crippen LogP contribution < -0.4 is 10.6 Å². The van der Waals surface area contributed by atoms with Crippen LogP contribution in [0.2, 0.25) is 0 Å². The van der Waals surface area contributed by atoms with Crippen LogP contribution in [-0.2, 0) is 27.3 Å². The Bertz CT molecular complexity index is 556. The summed E-state index contributed by atoms with van der Waals surface area (Å²) in [6, 6.07) is -1.79. The number of imidazole rings is 1. The zero-order valence-electron chi connectivity index (χ0n) is 11.1. The fourth-order valence-electron chi connectivity index (χ4n) is 2.15. The minimum atomic E-state index is -1.25. The Hall–Kier alpha value is -2.42. The summed E-state index contributed by atoms with van der Waals surface area (Å²) in [4.78, 5) is 40.6. The van der Waals surface area contributed by atoms with Gasteiger partial charge in [-0.3, -0.25) is 14.9 Å². The van der Waals surface area contributed by atoms with E-state index in [1.54, 1.807) is 6.33 Å². The highest BCUT2D eigenvalue weighted by Crippen LogP contribution is 2.12. The van der Waals surface area contributed by atoms with Crippen molar-refractivity contribution in [3.05, 3.63) is 17.7 Å². The predicted molar refractivity (Wildman–Crippen MR) is 69.4 cm³/mol. The Morgan fingerprint density at radius 1 is 1.43 bits per heavy atom. The average Bonchev–Trinajstić information content (AvgIpc) is 2.89. The van der Waals surface area contributed by atoms with E-state index in [9.17, 15) is 14.4 Å². The van der Waals surface area contributed by atoms with Crippen LogP contribution >= 0.6 is 0 Å². The van der Waals surface area contributed by atoms with Gasteiger partial charge in [0.25, 0.3) is 0 Å². The van der Waals surface area contributed by atoms with Gasteiger partial charge in [0.2, 0.25) is 5.91 Å². The molecule has 0 spiro atoms. The van der Waals surface area contributed by atoms with Gasteiger partial charge in [-0.1, -0.05) is 0 Å². The Kier molecular flexibility index (Phi) is 4.53. The van der Waals surface area contributed by atoms with Crippen molar-refractivity contribution in [2.75, 3.05) is 0 Å². The lowest BCUT2D eigenvalue weighted by Crippen LogP contribution is -2.52. The van der Waals surface area contributed by atoms with E-state index in [0.717, 1.165) is 11.4 Å². The molecule has 0 fully saturated rings. The highest BCUT2D eigenvalue weighted by atomic mass is 16.4. The van der Waals surface area contributed by atoms with Gasteiger partial charge in [-0.15, -0.1) is 0 Å². The number of carbonyl (C=O) groups is 3. The third-order valence-electron chi connectivity index (χ3n) is 3.31. The lowest BCUT2D eigenvalue weighted by atomic mass is 10.0. The first-order valence-corrected chi connectivity index (χ1v) is 6.47. The molecule has 9 heteroatoms. The lowest BCUT2D eigenvalue weighted by molar-refractivity contribution is -0.143. The molecule has 1 aromatic rings. The maximum atomic E-state index is 12.1. The summed E-state index contributed by atoms with van der Waals surface area (Å²) in [5.74, 6) is -2.82. The van der Waals surface area contributed by atoms with Crippen LogP contribution in [0, 0.1) is 0 Å². The highest BCUT2D eigenvalue weighted by molar-refractivity contribution is 5.87. The Labute approximate surface area is 119 Å². The predicted octanol–water partition coefficient (Wildman–Crippen LogP) is -1.14. The van der Waals surface area contributed by atoms with Crippen LogP contribution in [-0.4, -0.2) is 50.1 Å². The van der Waals surface area contributed by atoms with E-state index in [2.05, 4.69) is 20.6 Å². The highest BCUT2D eigenvalue weighted by Gasteiger charge is 2.29. The van der Waals surface area contributed by atoms with Crippen LogP contribution in [0.15, 0.2) is 6.33 Å². The molecule has 114 valence electrons. The molecule has 0 saturated carbocycles. The number of carboxylic acids is 2. The Morgan fingerprint density at radius 2 is 2.19 bits per heavy atom. The molecule has 0 aliphatic carbocycles. The number of aliphatic carboxylic acids is 2. The second-order valence-electron chi connectivity index (χ2n) is 4.80. The molecule has 2 rings (SSSR count). The molecule has 0 saturated heterocycles. The maximum Gasteiger partial charge on any atom is 0.326 e. The van der Waals surface area contributed by atoms with Crippen molar-refractivity contribution in [1.29, 1.82) is 0 Å². The van der Waals surface area contributed by atoms with Gasteiger partial charge in [0.15, 0.2) is 0 Å². The van der Waals surface area contributed by atoms with E-state index in [1.807, 2.05) is 0 Å². The maximum absolute atomic E-state index is 12.1. The molecule has 0 bridgehead atoms. The van der Waals surface area contributed by atoms with Crippen molar-refractivity contribution in [3.63, 3.8) is 0 Å². The van der Waals surface area contributed by atoms with Crippen LogP contribution in [0.4, 0.5) is 0 Å². The van der Waals surface area contributed by atoms with Gasteiger partial charge in [0, 0.05) is 19.4 Å². The Morgan fingerprint density at radius 3 is 2.86 bits per heavy atom. The standard InChI is InChI=1S/C12H16N4O5/c17-10(18)2-1-6(12(20)21)16-11(19)8-3-7-9(4-13-8)15-5-14-7/h5-6,8,13H,1-4H2,(H,14,15)(H,16,19)(H,17,18)(H,20,21)/t6-,8?/m0/s1. The van der Waals surface area contributed by atoms with E-state index in [4.69, 9.17) is 10.2 Å². The number of carbonyl (C=O) groups excluding carboxylic acids is 1. The average molecular weight is 296 g/mol. The summed E-state index contributed by atoms with van der Waals surface area (Å²) in [7, 11) is 0. The normalized spacial score (nSPS) is 18.6. The zero-order valence-corrected chi connectivity index (χ0v) is 11.1. The molecule has 5 N–H and O–H groups in total. The van der Waals surface area contributed by atoms with Gasteiger partial charge >= 0.3 is 11.9 Å². The number of nitrogens with zero attached hydrogens (tertiary/aromatic N) is 1. The number of aromatic nitrogens is 2. The van der Waals surface area contributed by atoms with Crippen LogP contribution in [0.25, 0.3) is 0 Å². The summed E-state index contributed by atoms with van der Waals surface area (Å²) < 4.78 is 0. The molecular weight excluding hydrogens is 280 g/mol. The molecule has 9 nitrogen and oxygen atoms in total. The summed E-state index contributed by atoms with van der Waals surface area (Å²) in [5, 5.41) is 22.9. The van der Waals surface area contributed by atoms with E-state index >= 15 is 0 Å². The fraction of sp³-hybridized carbons (Fsp3) is 0.500. The molecule has 1 aliphatic rings. The summed E-state index contributed by atoms with van der Waals surface area (Å²) in [5.41, 5.74) is 1.67. The molecule has 0 aromatic carbocycles. The number of nitrogens with one attached hydrogen (secondary N) is 3. The second kappa shape index (κ2) is 6.35. The monoisotopic (exact) mass is 296 g/mol. The second-order valence-corrected chi connectivity index (χ2v) is 4.80. The molecular formula is C12H16N4O5. The fourth-order valence-corrected chi connectivity index (χ4v) is 2.15. The summed E-state index contributed by atoms with van der Waals surface area (Å²) in [6.07, 6.45) is 1.42. The molecule has 21 heavy (non-hydrogen) atoms. The largest absolute Gasteiger partial charge is 0.481 e. The van der Waals surface area contributed by atoms with Crippen molar-refractivity contribution < 1.29 is 24.6 Å². The quantitative estimate of drug-likeness (QED) is 0.446. The number of carboxylic acid groups (broad SMARTS) is 2. The molecule has 1 unspecified atom stereocenters. The van der Waals surface area contributed by atoms with Crippen molar-refractivity contribution >= 4 is 17.8 Å². The lowest BCUT2D eigenvalue weighted by Gasteiger charge is -2.24. The van der Waals surface area contributed by atoms with Crippen LogP contribution in [0.3, 0.4) is 0 Å². The molecule has 1 aromatic heterocycles. The topological polar surface area (TPSA) is 144 Å². The number of hydrogen-bond donors (Lipinski definition) is 5. The van der Waals surface area contributed by atoms with E-state index in [-0.39, 0.29) is 12.8 Å². The van der Waals surface area contributed by atoms with E-state index < -0.39 is 29.9 Å². The van der Waals surface area contributed by atoms with Gasteiger partial charge in [-0.25, -0.2) is 9.78 Å². The number of rotatable bonds is 6. The van der Waals surface area contributed by atoms with Crippen LogP contribution in [0.5, 0.6) is 0 Å². The smallest absolute Gasteiger partial charge is 0.326 e. The molecule has 1 aliphatic heterocycles. The first kappa shape index (κ1) is 15.0. The third kappa shape index (κ3) is 3.78. The molecule has 1 amide bonds. The minimum Gasteiger partial charge on any atom is -0.481 e. The minimum absolute atomic E-state index is 0.156. The van der Waals surface area contributed by atoms with Gasteiger partial charge in [-0.2, -0.15) is 0 Å². The van der Waals surface area contributed by atoms with Crippen molar-refractivity contribution in [2.24, 2.45) is 0 Å². The van der Waals surface area contributed by atoms with Gasteiger partial charge in [0.1, 0.15) is 6.04 Å². The zero-order chi connectivity index (χ0) is 15.4. The van der Waals surface area contributed by atoms with Gasteiger partial charge in [-0.05, 0) is 6.42 Å². The van der Waals surface area contributed by atoms with Crippen molar-refractivity contribution in [3.8, 4) is 0 Å². The first-order chi connectivity index (χ1) is 9.97. The van der Waals surface area contributed by atoms with E-state index in [0.29, 0.717) is 13.0 Å². The number of H-pyrrole nitrogens is 1. The summed E-state index contributed by atoms with van der Waals surface area (Å²) >= 11 is 0. The molecule has 0 radical (unpaired) electrons. The van der Waals surface area contributed by atoms with Crippen LogP contribution in [0.1, 0.15) is 24.2 Å². The SMILES string of the molecule is O=C(O)CC[C@H](NC(=O)C1Cc2nc[nH]c2CN1)C(=O)O. The molecule has 2 atom stereocenters. The first-order valence-electron chi connectivity index (χ1n) is 6.47. The van der Waals surface area contributed by atoms with Gasteiger partial charge in [0.05, 0.1) is 23.8 Å².